The minimum Gasteiger partial charge on any atom is -0.481 e. The smallest absolute Gasteiger partial charge is 0.305 e. The minimum atomic E-state index is -0.907. The standard InChI is InChI=1S/C16H19NO5/c1-21-12-7-11(8-15(18)19)17(9-12)16(20)14-6-10-4-2-3-5-13(10)22-14/h2-5,11-12,14H,6-9H2,1H3,(H,18,19). The second kappa shape index (κ2) is 5.96. The fourth-order valence-electron chi connectivity index (χ4n) is 3.21. The van der Waals surface area contributed by atoms with Gasteiger partial charge in [-0.25, -0.2) is 0 Å². The van der Waals surface area contributed by atoms with Gasteiger partial charge in [0.25, 0.3) is 5.91 Å². The molecule has 3 rings (SSSR count). The maximum Gasteiger partial charge on any atom is 0.305 e. The Labute approximate surface area is 128 Å². The first kappa shape index (κ1) is 14.8. The van der Waals surface area contributed by atoms with Gasteiger partial charge < -0.3 is 19.5 Å². The van der Waals surface area contributed by atoms with Gasteiger partial charge in [0.15, 0.2) is 6.10 Å². The molecule has 0 radical (unpaired) electrons. The number of carbonyl (C=O) groups excluding carboxylic acids is 1. The molecule has 1 aromatic rings. The number of carboxylic acids is 1. The molecule has 3 atom stereocenters. The number of nitrogens with zero attached hydrogens (tertiary/aromatic N) is 1. The molecule has 0 spiro atoms. The first-order chi connectivity index (χ1) is 10.6. The van der Waals surface area contributed by atoms with Crippen molar-refractivity contribution in [3.8, 4) is 5.75 Å². The van der Waals surface area contributed by atoms with Crippen molar-refractivity contribution in [1.29, 1.82) is 0 Å². The third-order valence-corrected chi connectivity index (χ3v) is 4.33. The Hall–Kier alpha value is -2.08. The Kier molecular flexibility index (Phi) is 4.02. The molecule has 2 aliphatic heterocycles. The van der Waals surface area contributed by atoms with E-state index in [0.717, 1.165) is 11.3 Å². The number of carboxylic acid groups (broad SMARTS) is 1. The van der Waals surface area contributed by atoms with Gasteiger partial charge in [0.1, 0.15) is 5.75 Å². The van der Waals surface area contributed by atoms with E-state index in [1.807, 2.05) is 24.3 Å². The van der Waals surface area contributed by atoms with E-state index in [-0.39, 0.29) is 24.5 Å². The number of hydrogen-bond acceptors (Lipinski definition) is 4. The maximum absolute atomic E-state index is 12.7. The lowest BCUT2D eigenvalue weighted by molar-refractivity contribution is -0.142. The number of carbonyl (C=O) groups is 2. The summed E-state index contributed by atoms with van der Waals surface area (Å²) in [6.07, 6.45) is 0.337. The van der Waals surface area contributed by atoms with Gasteiger partial charge in [-0.2, -0.15) is 0 Å². The van der Waals surface area contributed by atoms with Crippen molar-refractivity contribution >= 4 is 11.9 Å². The molecule has 0 bridgehead atoms. The summed E-state index contributed by atoms with van der Waals surface area (Å²) in [6.45, 7) is 0.420. The highest BCUT2D eigenvalue weighted by Gasteiger charge is 2.41. The average molecular weight is 305 g/mol. The number of hydrogen-bond donors (Lipinski definition) is 1. The Balaban J connectivity index is 1.72. The van der Waals surface area contributed by atoms with Crippen LogP contribution in [-0.2, 0) is 20.7 Å². The Morgan fingerprint density at radius 1 is 1.41 bits per heavy atom. The van der Waals surface area contributed by atoms with Crippen molar-refractivity contribution < 1.29 is 24.2 Å². The first-order valence-corrected chi connectivity index (χ1v) is 7.38. The topological polar surface area (TPSA) is 76.1 Å². The molecule has 1 N–H and O–H groups in total. The average Bonchev–Trinajstić information content (AvgIpc) is 3.09. The number of rotatable bonds is 4. The van der Waals surface area contributed by atoms with Gasteiger partial charge >= 0.3 is 5.97 Å². The van der Waals surface area contributed by atoms with Crippen LogP contribution in [0, 0.1) is 0 Å². The lowest BCUT2D eigenvalue weighted by atomic mass is 10.1. The van der Waals surface area contributed by atoms with Crippen LogP contribution < -0.4 is 4.74 Å². The second-order valence-electron chi connectivity index (χ2n) is 5.75. The van der Waals surface area contributed by atoms with Crippen molar-refractivity contribution in [1.82, 2.24) is 4.90 Å². The molecule has 2 aliphatic rings. The quantitative estimate of drug-likeness (QED) is 0.901. The molecule has 2 heterocycles. The molecular weight excluding hydrogens is 286 g/mol. The highest BCUT2D eigenvalue weighted by molar-refractivity contribution is 5.84. The van der Waals surface area contributed by atoms with E-state index in [2.05, 4.69) is 0 Å². The zero-order valence-corrected chi connectivity index (χ0v) is 12.4. The number of aliphatic carboxylic acids is 1. The summed E-state index contributed by atoms with van der Waals surface area (Å²) >= 11 is 0. The molecule has 1 amide bonds. The molecule has 3 unspecified atom stereocenters. The molecular formula is C16H19NO5. The molecule has 0 aliphatic carbocycles. The molecule has 1 fully saturated rings. The molecule has 6 nitrogen and oxygen atoms in total. The summed E-state index contributed by atoms with van der Waals surface area (Å²) < 4.78 is 11.0. The van der Waals surface area contributed by atoms with Crippen LogP contribution >= 0.6 is 0 Å². The van der Waals surface area contributed by atoms with E-state index in [4.69, 9.17) is 14.6 Å². The number of ether oxygens (including phenoxy) is 2. The molecule has 1 aromatic carbocycles. The van der Waals surface area contributed by atoms with Crippen LogP contribution in [0.5, 0.6) is 5.75 Å². The SMILES string of the molecule is COC1CC(CC(=O)O)N(C(=O)C2Cc3ccccc3O2)C1. The third kappa shape index (κ3) is 2.78. The lowest BCUT2D eigenvalue weighted by Gasteiger charge is -2.25. The predicted octanol–water partition coefficient (Wildman–Crippen LogP) is 1.08. The van der Waals surface area contributed by atoms with Crippen LogP contribution in [0.25, 0.3) is 0 Å². The molecule has 1 saturated heterocycles. The van der Waals surface area contributed by atoms with Gasteiger partial charge in [-0.1, -0.05) is 18.2 Å². The number of amides is 1. The summed E-state index contributed by atoms with van der Waals surface area (Å²) in [7, 11) is 1.58. The maximum atomic E-state index is 12.7. The summed E-state index contributed by atoms with van der Waals surface area (Å²) in [5.74, 6) is -0.324. The van der Waals surface area contributed by atoms with Gasteiger partial charge in [0.2, 0.25) is 0 Å². The van der Waals surface area contributed by atoms with E-state index >= 15 is 0 Å². The third-order valence-electron chi connectivity index (χ3n) is 4.33. The van der Waals surface area contributed by atoms with Crippen LogP contribution in [0.3, 0.4) is 0 Å². The molecule has 6 heteroatoms. The predicted molar refractivity (Wildman–Crippen MR) is 77.7 cm³/mol. The van der Waals surface area contributed by atoms with Gasteiger partial charge in [-0.05, 0) is 18.1 Å². The fraction of sp³-hybridized carbons (Fsp3) is 0.500. The van der Waals surface area contributed by atoms with Crippen LogP contribution in [0.4, 0.5) is 0 Å². The van der Waals surface area contributed by atoms with Crippen molar-refractivity contribution in [3.05, 3.63) is 29.8 Å². The van der Waals surface area contributed by atoms with E-state index < -0.39 is 12.1 Å². The summed E-state index contributed by atoms with van der Waals surface area (Å²) in [5, 5.41) is 9.03. The van der Waals surface area contributed by atoms with Crippen molar-refractivity contribution in [2.45, 2.75) is 37.5 Å². The van der Waals surface area contributed by atoms with Gasteiger partial charge in [0.05, 0.1) is 12.5 Å². The second-order valence-corrected chi connectivity index (χ2v) is 5.75. The van der Waals surface area contributed by atoms with Gasteiger partial charge in [0, 0.05) is 26.1 Å². The largest absolute Gasteiger partial charge is 0.481 e. The Morgan fingerprint density at radius 3 is 2.86 bits per heavy atom. The number of fused-ring (bicyclic) bond motifs is 1. The Bertz CT molecular complexity index is 563. The molecule has 0 saturated carbocycles. The number of likely N-dealkylation sites (tertiary alicyclic amines) is 1. The van der Waals surface area contributed by atoms with Crippen LogP contribution in [0.1, 0.15) is 18.4 Å². The van der Waals surface area contributed by atoms with Crippen LogP contribution in [0.2, 0.25) is 0 Å². The summed E-state index contributed by atoms with van der Waals surface area (Å²) in [4.78, 5) is 25.3. The number of methoxy groups -OCH3 is 1. The normalized spacial score (nSPS) is 26.6. The highest BCUT2D eigenvalue weighted by Crippen LogP contribution is 2.31. The van der Waals surface area contributed by atoms with Crippen LogP contribution in [0.15, 0.2) is 24.3 Å². The molecule has 0 aromatic heterocycles. The number of para-hydroxylation sites is 1. The Morgan fingerprint density at radius 2 is 2.18 bits per heavy atom. The minimum absolute atomic E-state index is 0.0642. The summed E-state index contributed by atoms with van der Waals surface area (Å²) in [5.41, 5.74) is 1.01. The fourth-order valence-corrected chi connectivity index (χ4v) is 3.21. The lowest BCUT2D eigenvalue weighted by Crippen LogP contribution is -2.45. The van der Waals surface area contributed by atoms with E-state index in [1.165, 1.54) is 0 Å². The van der Waals surface area contributed by atoms with Crippen LogP contribution in [-0.4, -0.2) is 53.8 Å². The van der Waals surface area contributed by atoms with E-state index in [1.54, 1.807) is 12.0 Å². The summed E-state index contributed by atoms with van der Waals surface area (Å²) in [6, 6.07) is 7.25. The van der Waals surface area contributed by atoms with Crippen molar-refractivity contribution in [3.63, 3.8) is 0 Å². The highest BCUT2D eigenvalue weighted by atomic mass is 16.5. The van der Waals surface area contributed by atoms with E-state index in [0.29, 0.717) is 19.4 Å². The number of benzene rings is 1. The van der Waals surface area contributed by atoms with Gasteiger partial charge in [-0.15, -0.1) is 0 Å². The first-order valence-electron chi connectivity index (χ1n) is 7.38. The zero-order valence-electron chi connectivity index (χ0n) is 12.4. The van der Waals surface area contributed by atoms with Crippen molar-refractivity contribution in [2.75, 3.05) is 13.7 Å². The molecule has 22 heavy (non-hydrogen) atoms. The van der Waals surface area contributed by atoms with Crippen molar-refractivity contribution in [2.24, 2.45) is 0 Å². The van der Waals surface area contributed by atoms with Gasteiger partial charge in [-0.3, -0.25) is 9.59 Å². The zero-order chi connectivity index (χ0) is 15.7. The monoisotopic (exact) mass is 305 g/mol. The van der Waals surface area contributed by atoms with E-state index in [9.17, 15) is 9.59 Å². The molecule has 118 valence electrons.